The molecule has 8 nitrogen and oxygen atoms in total. The molecule has 0 spiro atoms. The van der Waals surface area contributed by atoms with Crippen molar-refractivity contribution < 1.29 is 29.0 Å². The van der Waals surface area contributed by atoms with Crippen LogP contribution in [0.2, 0.25) is 0 Å². The second kappa shape index (κ2) is 40.7. The van der Waals surface area contributed by atoms with Crippen molar-refractivity contribution in [1.82, 2.24) is 10.6 Å². The van der Waals surface area contributed by atoms with Crippen molar-refractivity contribution in [3.8, 4) is 0 Å². The third-order valence-electron chi connectivity index (χ3n) is 8.48. The SMILES string of the molecule is CCC=CCC=CCC=CCC=CCC=CCC=CCCC(=O)NC(C)C(O)OC(C)C(NC(=O)CCCC=CCC=CCC=CCC=CCC=CCC)C(=O)OC. The van der Waals surface area contributed by atoms with E-state index in [9.17, 15) is 19.5 Å². The normalized spacial score (nSPS) is 15.1. The van der Waals surface area contributed by atoms with E-state index in [1.807, 2.05) is 18.2 Å². The van der Waals surface area contributed by atoms with Crippen LogP contribution in [0.25, 0.3) is 0 Å². The fourth-order valence-electron chi connectivity index (χ4n) is 5.16. The van der Waals surface area contributed by atoms with Gasteiger partial charge in [0.2, 0.25) is 11.8 Å². The number of hydrogen-bond acceptors (Lipinski definition) is 6. The van der Waals surface area contributed by atoms with Crippen molar-refractivity contribution in [3.63, 3.8) is 0 Å². The maximum Gasteiger partial charge on any atom is 0.331 e. The number of methoxy groups -OCH3 is 1. The standard InChI is InChI=1S/C50H76N2O6/c1-6-8-10-12-14-16-18-20-22-24-25-27-29-30-32-34-36-38-40-42-46(53)51-44(3)49(55)58-45(4)48(50(56)57-5)52-47(54)43-41-39-37-35-33-31-28-26-23-21-19-17-15-13-11-9-7-2/h8-11,14-17,20-23,25,27-28,30-32,35-38,44-45,48-49,55H,6-7,12-13,18-19,24,26,29,33-34,39-43H2,1-5H3,(H,51,53)(H,52,54). The molecule has 4 atom stereocenters. The van der Waals surface area contributed by atoms with E-state index >= 15 is 0 Å². The van der Waals surface area contributed by atoms with Crippen LogP contribution in [-0.2, 0) is 23.9 Å². The van der Waals surface area contributed by atoms with Gasteiger partial charge in [0.25, 0.3) is 0 Å². The zero-order valence-electron chi connectivity index (χ0n) is 36.3. The molecular formula is C50H76N2O6. The van der Waals surface area contributed by atoms with Crippen LogP contribution in [0.4, 0.5) is 0 Å². The van der Waals surface area contributed by atoms with Crippen LogP contribution in [-0.4, -0.2) is 54.5 Å². The minimum atomic E-state index is -1.40. The van der Waals surface area contributed by atoms with E-state index in [4.69, 9.17) is 9.47 Å². The van der Waals surface area contributed by atoms with Gasteiger partial charge in [-0.25, -0.2) is 4.79 Å². The van der Waals surface area contributed by atoms with Crippen LogP contribution in [0.5, 0.6) is 0 Å². The maximum absolute atomic E-state index is 12.7. The van der Waals surface area contributed by atoms with Gasteiger partial charge < -0.3 is 25.2 Å². The molecule has 0 radical (unpaired) electrons. The molecule has 0 bridgehead atoms. The van der Waals surface area contributed by atoms with Crippen LogP contribution < -0.4 is 10.6 Å². The topological polar surface area (TPSA) is 114 Å². The zero-order valence-corrected chi connectivity index (χ0v) is 36.3. The highest BCUT2D eigenvalue weighted by atomic mass is 16.6. The Morgan fingerprint density at radius 2 is 0.845 bits per heavy atom. The number of carbonyl (C=O) groups is 3. The lowest BCUT2D eigenvalue weighted by Crippen LogP contribution is -2.52. The fraction of sp³-hybridized carbons (Fsp3) is 0.500. The van der Waals surface area contributed by atoms with Gasteiger partial charge in [0.15, 0.2) is 12.3 Å². The molecule has 0 aliphatic carbocycles. The van der Waals surface area contributed by atoms with Crippen molar-refractivity contribution in [2.24, 2.45) is 0 Å². The highest BCUT2D eigenvalue weighted by Gasteiger charge is 2.31. The van der Waals surface area contributed by atoms with Crippen molar-refractivity contribution in [3.05, 3.63) is 134 Å². The summed E-state index contributed by atoms with van der Waals surface area (Å²) in [5, 5.41) is 16.0. The number of amides is 2. The summed E-state index contributed by atoms with van der Waals surface area (Å²) in [5.74, 6) is -1.23. The largest absolute Gasteiger partial charge is 0.467 e. The molecule has 322 valence electrons. The average molecular weight is 801 g/mol. The molecule has 0 aromatic carbocycles. The van der Waals surface area contributed by atoms with Gasteiger partial charge in [0, 0.05) is 12.8 Å². The molecule has 0 aliphatic heterocycles. The number of aliphatic hydroxyl groups is 1. The number of ether oxygens (including phenoxy) is 2. The van der Waals surface area contributed by atoms with E-state index in [2.05, 4.69) is 140 Å². The molecule has 0 heterocycles. The van der Waals surface area contributed by atoms with E-state index < -0.39 is 30.4 Å². The summed E-state index contributed by atoms with van der Waals surface area (Å²) >= 11 is 0. The van der Waals surface area contributed by atoms with Crippen LogP contribution in [0.1, 0.15) is 130 Å². The van der Waals surface area contributed by atoms with Crippen LogP contribution in [0.3, 0.4) is 0 Å². The summed E-state index contributed by atoms with van der Waals surface area (Å²) in [7, 11) is 1.23. The van der Waals surface area contributed by atoms with Gasteiger partial charge in [-0.1, -0.05) is 148 Å². The number of nitrogens with one attached hydrogen (secondary N) is 2. The highest BCUT2D eigenvalue weighted by Crippen LogP contribution is 2.09. The summed E-state index contributed by atoms with van der Waals surface area (Å²) in [6.45, 7) is 7.46. The second-order valence-electron chi connectivity index (χ2n) is 13.7. The molecule has 0 aromatic rings. The number of aliphatic hydroxyl groups excluding tert-OH is 1. The zero-order chi connectivity index (χ0) is 42.7. The number of allylic oxidation sites excluding steroid dienone is 22. The number of carbonyl (C=O) groups excluding carboxylic acids is 3. The Hall–Kier alpha value is -4.53. The lowest BCUT2D eigenvalue weighted by molar-refractivity contribution is -0.171. The van der Waals surface area contributed by atoms with E-state index in [0.29, 0.717) is 12.8 Å². The van der Waals surface area contributed by atoms with Crippen molar-refractivity contribution in [2.75, 3.05) is 7.11 Å². The Bertz CT molecular complexity index is 1390. The molecule has 58 heavy (non-hydrogen) atoms. The van der Waals surface area contributed by atoms with Crippen LogP contribution in [0.15, 0.2) is 134 Å². The summed E-state index contributed by atoms with van der Waals surface area (Å²) < 4.78 is 10.5. The molecule has 3 N–H and O–H groups in total. The van der Waals surface area contributed by atoms with Gasteiger partial charge in [-0.15, -0.1) is 0 Å². The molecule has 0 saturated heterocycles. The van der Waals surface area contributed by atoms with E-state index in [0.717, 1.165) is 77.0 Å². The molecule has 8 heteroatoms. The van der Waals surface area contributed by atoms with Crippen molar-refractivity contribution >= 4 is 17.8 Å². The molecule has 0 aliphatic rings. The molecule has 0 rings (SSSR count). The Kier molecular flexibility index (Phi) is 37.5. The van der Waals surface area contributed by atoms with Crippen molar-refractivity contribution in [2.45, 2.75) is 155 Å². The fourth-order valence-corrected chi connectivity index (χ4v) is 5.16. The van der Waals surface area contributed by atoms with Crippen molar-refractivity contribution in [1.29, 1.82) is 0 Å². The molecule has 0 fully saturated rings. The Balaban J connectivity index is 4.32. The predicted octanol–water partition coefficient (Wildman–Crippen LogP) is 11.3. The summed E-state index contributed by atoms with van der Waals surface area (Å²) in [5.41, 5.74) is 0. The first-order chi connectivity index (χ1) is 28.3. The first kappa shape index (κ1) is 53.5. The monoisotopic (exact) mass is 801 g/mol. The summed E-state index contributed by atoms with van der Waals surface area (Å²) in [4.78, 5) is 37.6. The van der Waals surface area contributed by atoms with Gasteiger partial charge in [-0.3, -0.25) is 9.59 Å². The summed E-state index contributed by atoms with van der Waals surface area (Å²) in [6.07, 6.45) is 57.6. The van der Waals surface area contributed by atoms with Gasteiger partial charge in [0.1, 0.15) is 0 Å². The second-order valence-corrected chi connectivity index (χ2v) is 13.7. The van der Waals surface area contributed by atoms with Gasteiger partial charge in [-0.05, 0) is 104 Å². The average Bonchev–Trinajstić information content (AvgIpc) is 3.21. The molecule has 0 saturated carbocycles. The number of esters is 1. The Morgan fingerprint density at radius 1 is 0.500 bits per heavy atom. The Morgan fingerprint density at radius 3 is 1.22 bits per heavy atom. The van der Waals surface area contributed by atoms with Gasteiger partial charge in [0.05, 0.1) is 19.3 Å². The van der Waals surface area contributed by atoms with E-state index in [1.54, 1.807) is 13.8 Å². The van der Waals surface area contributed by atoms with Gasteiger partial charge in [-0.2, -0.15) is 0 Å². The maximum atomic E-state index is 12.7. The smallest absolute Gasteiger partial charge is 0.331 e. The quantitative estimate of drug-likeness (QED) is 0.0258. The van der Waals surface area contributed by atoms with Gasteiger partial charge >= 0.3 is 5.97 Å². The number of hydrogen-bond donors (Lipinski definition) is 3. The molecule has 2 amide bonds. The first-order valence-electron chi connectivity index (χ1n) is 21.4. The number of rotatable bonds is 34. The molecule has 0 aromatic heterocycles. The minimum absolute atomic E-state index is 0.223. The molecular weight excluding hydrogens is 725 g/mol. The summed E-state index contributed by atoms with van der Waals surface area (Å²) in [6, 6.07) is -1.85. The van der Waals surface area contributed by atoms with E-state index in [1.165, 1.54) is 7.11 Å². The third kappa shape index (κ3) is 34.7. The van der Waals surface area contributed by atoms with Crippen LogP contribution in [0, 0.1) is 0 Å². The first-order valence-corrected chi connectivity index (χ1v) is 21.4. The van der Waals surface area contributed by atoms with E-state index in [-0.39, 0.29) is 24.7 Å². The minimum Gasteiger partial charge on any atom is -0.467 e. The predicted molar refractivity (Wildman–Crippen MR) is 244 cm³/mol. The third-order valence-corrected chi connectivity index (χ3v) is 8.48. The lowest BCUT2D eigenvalue weighted by Gasteiger charge is -2.28. The number of unbranched alkanes of at least 4 members (excludes halogenated alkanes) is 1. The molecule has 4 unspecified atom stereocenters. The lowest BCUT2D eigenvalue weighted by atomic mass is 10.1. The Labute approximate surface area is 352 Å². The van der Waals surface area contributed by atoms with Crippen LogP contribution >= 0.6 is 0 Å². The highest BCUT2D eigenvalue weighted by molar-refractivity contribution is 5.84.